The van der Waals surface area contributed by atoms with Crippen LogP contribution in [-0.2, 0) is 4.79 Å². The average molecular weight is 275 g/mol. The minimum Gasteiger partial charge on any atom is -0.211 e. The second kappa shape index (κ2) is 8.42. The van der Waals surface area contributed by atoms with Gasteiger partial charge in [-0.05, 0) is 62.7 Å². The molecule has 2 nitrogen and oxygen atoms in total. The number of rotatable bonds is 6. The van der Waals surface area contributed by atoms with Crippen molar-refractivity contribution in [2.75, 3.05) is 0 Å². The summed E-state index contributed by atoms with van der Waals surface area (Å²) in [6.45, 7) is 3.86. The number of carbonyl (C=O) groups excluding carboxylic acids is 1. The molecule has 2 heteroatoms. The third kappa shape index (κ3) is 4.90. The molecule has 0 amide bonds. The standard InChI is InChI=1S/C18H29NO/c1-2-3-15-4-6-16(7-5-15)8-9-17-10-12-18(13-11-17)19-14-20/h2,15-18H,1,3-13H2. The summed E-state index contributed by atoms with van der Waals surface area (Å²) in [7, 11) is 0. The molecule has 0 aliphatic heterocycles. The van der Waals surface area contributed by atoms with Gasteiger partial charge in [-0.2, -0.15) is 0 Å². The van der Waals surface area contributed by atoms with Crippen LogP contribution in [0.5, 0.6) is 0 Å². The van der Waals surface area contributed by atoms with Gasteiger partial charge >= 0.3 is 0 Å². The quantitative estimate of drug-likeness (QED) is 0.379. The van der Waals surface area contributed by atoms with E-state index in [9.17, 15) is 4.79 Å². The third-order valence-electron chi connectivity index (χ3n) is 5.50. The first-order valence-corrected chi connectivity index (χ1v) is 8.49. The van der Waals surface area contributed by atoms with Crippen LogP contribution < -0.4 is 0 Å². The Kier molecular flexibility index (Phi) is 6.53. The molecule has 2 fully saturated rings. The molecule has 2 saturated carbocycles. The Labute approximate surface area is 123 Å². The first kappa shape index (κ1) is 15.5. The molecule has 0 radical (unpaired) electrons. The highest BCUT2D eigenvalue weighted by Gasteiger charge is 2.24. The van der Waals surface area contributed by atoms with Gasteiger partial charge < -0.3 is 0 Å². The van der Waals surface area contributed by atoms with Gasteiger partial charge in [-0.1, -0.05) is 31.8 Å². The fourth-order valence-corrected chi connectivity index (χ4v) is 4.10. The molecule has 0 saturated heterocycles. The van der Waals surface area contributed by atoms with Gasteiger partial charge in [-0.3, -0.25) is 0 Å². The molecule has 20 heavy (non-hydrogen) atoms. The van der Waals surface area contributed by atoms with Crippen LogP contribution in [0.1, 0.15) is 70.6 Å². The maximum atomic E-state index is 10.3. The van der Waals surface area contributed by atoms with Crippen molar-refractivity contribution in [3.05, 3.63) is 12.7 Å². The average Bonchev–Trinajstić information content (AvgIpc) is 2.49. The number of hydrogen-bond acceptors (Lipinski definition) is 2. The van der Waals surface area contributed by atoms with Crippen LogP contribution in [-0.4, -0.2) is 12.1 Å². The van der Waals surface area contributed by atoms with Crippen LogP contribution in [0, 0.1) is 17.8 Å². The van der Waals surface area contributed by atoms with Crippen molar-refractivity contribution >= 4 is 6.08 Å². The van der Waals surface area contributed by atoms with Gasteiger partial charge in [0.05, 0.1) is 6.04 Å². The molecular weight excluding hydrogens is 246 g/mol. The summed E-state index contributed by atoms with van der Waals surface area (Å²) in [6, 6.07) is 0.276. The van der Waals surface area contributed by atoms with E-state index in [2.05, 4.69) is 17.6 Å². The van der Waals surface area contributed by atoms with E-state index < -0.39 is 0 Å². The van der Waals surface area contributed by atoms with Crippen LogP contribution in [0.25, 0.3) is 0 Å². The van der Waals surface area contributed by atoms with Gasteiger partial charge in [-0.15, -0.1) is 6.58 Å². The van der Waals surface area contributed by atoms with Crippen molar-refractivity contribution in [3.63, 3.8) is 0 Å². The lowest BCUT2D eigenvalue weighted by Crippen LogP contribution is -2.19. The van der Waals surface area contributed by atoms with Crippen molar-refractivity contribution in [1.29, 1.82) is 0 Å². The summed E-state index contributed by atoms with van der Waals surface area (Å²) in [5.41, 5.74) is 0. The Morgan fingerprint density at radius 2 is 1.40 bits per heavy atom. The molecule has 0 heterocycles. The lowest BCUT2D eigenvalue weighted by Gasteiger charge is -2.30. The molecule has 112 valence electrons. The van der Waals surface area contributed by atoms with Gasteiger partial charge in [0.1, 0.15) is 0 Å². The molecule has 2 aliphatic carbocycles. The molecule has 0 aromatic heterocycles. The maximum absolute atomic E-state index is 10.3. The minimum absolute atomic E-state index is 0.276. The summed E-state index contributed by atoms with van der Waals surface area (Å²) < 4.78 is 0. The summed E-state index contributed by atoms with van der Waals surface area (Å²) in [6.07, 6.45) is 18.3. The highest BCUT2D eigenvalue weighted by Crippen LogP contribution is 2.36. The second-order valence-corrected chi connectivity index (χ2v) is 6.88. The first-order valence-electron chi connectivity index (χ1n) is 8.49. The SMILES string of the molecule is C=CCC1CCC(CCC2CCC(N=C=O)CC2)CC1. The van der Waals surface area contributed by atoms with Gasteiger partial charge in [0, 0.05) is 0 Å². The van der Waals surface area contributed by atoms with Crippen LogP contribution in [0.3, 0.4) is 0 Å². The molecule has 0 bridgehead atoms. The van der Waals surface area contributed by atoms with Crippen molar-refractivity contribution in [3.8, 4) is 0 Å². The molecule has 0 unspecified atom stereocenters. The smallest absolute Gasteiger partial charge is 0.211 e. The van der Waals surface area contributed by atoms with Crippen molar-refractivity contribution in [2.24, 2.45) is 22.7 Å². The highest BCUT2D eigenvalue weighted by atomic mass is 16.1. The largest absolute Gasteiger partial charge is 0.235 e. The Morgan fingerprint density at radius 3 is 1.90 bits per heavy atom. The van der Waals surface area contributed by atoms with Gasteiger partial charge in [0.15, 0.2) is 0 Å². The number of allylic oxidation sites excluding steroid dienone is 1. The predicted molar refractivity (Wildman–Crippen MR) is 83.4 cm³/mol. The molecule has 0 aromatic carbocycles. The Morgan fingerprint density at radius 1 is 0.900 bits per heavy atom. The highest BCUT2D eigenvalue weighted by molar-refractivity contribution is 5.33. The fourth-order valence-electron chi connectivity index (χ4n) is 4.10. The van der Waals surface area contributed by atoms with E-state index in [0.29, 0.717) is 0 Å². The van der Waals surface area contributed by atoms with E-state index in [4.69, 9.17) is 0 Å². The van der Waals surface area contributed by atoms with E-state index in [1.807, 2.05) is 0 Å². The van der Waals surface area contributed by atoms with Crippen molar-refractivity contribution in [1.82, 2.24) is 0 Å². The summed E-state index contributed by atoms with van der Waals surface area (Å²) in [5.74, 6) is 2.78. The minimum atomic E-state index is 0.276. The molecule has 0 atom stereocenters. The van der Waals surface area contributed by atoms with E-state index >= 15 is 0 Å². The Balaban J connectivity index is 1.60. The molecule has 2 aliphatic rings. The number of nitrogens with zero attached hydrogens (tertiary/aromatic N) is 1. The maximum Gasteiger partial charge on any atom is 0.235 e. The number of isocyanates is 1. The van der Waals surface area contributed by atoms with Crippen LogP contribution in [0.15, 0.2) is 17.6 Å². The zero-order chi connectivity index (χ0) is 14.2. The third-order valence-corrected chi connectivity index (χ3v) is 5.50. The Bertz CT molecular complexity index is 329. The summed E-state index contributed by atoms with van der Waals surface area (Å²) in [5, 5.41) is 0. The monoisotopic (exact) mass is 275 g/mol. The van der Waals surface area contributed by atoms with Gasteiger partial charge in [0.25, 0.3) is 0 Å². The predicted octanol–water partition coefficient (Wildman–Crippen LogP) is 5.04. The number of aliphatic imine (C=N–C) groups is 1. The number of hydrogen-bond donors (Lipinski definition) is 0. The van der Waals surface area contributed by atoms with Crippen LogP contribution in [0.2, 0.25) is 0 Å². The Hall–Kier alpha value is -0.880. The molecule has 0 spiro atoms. The van der Waals surface area contributed by atoms with E-state index in [1.165, 1.54) is 57.8 Å². The van der Waals surface area contributed by atoms with Gasteiger partial charge in [-0.25, -0.2) is 9.79 Å². The topological polar surface area (TPSA) is 29.4 Å². The van der Waals surface area contributed by atoms with E-state index in [-0.39, 0.29) is 6.04 Å². The first-order chi connectivity index (χ1) is 9.81. The summed E-state index contributed by atoms with van der Waals surface area (Å²) in [4.78, 5) is 14.1. The lowest BCUT2D eigenvalue weighted by molar-refractivity contribution is 0.231. The van der Waals surface area contributed by atoms with E-state index in [1.54, 1.807) is 6.08 Å². The van der Waals surface area contributed by atoms with Crippen LogP contribution in [0.4, 0.5) is 0 Å². The summed E-state index contributed by atoms with van der Waals surface area (Å²) >= 11 is 0. The van der Waals surface area contributed by atoms with Crippen LogP contribution >= 0.6 is 0 Å². The molecule has 0 N–H and O–H groups in total. The second-order valence-electron chi connectivity index (χ2n) is 6.88. The fraction of sp³-hybridized carbons (Fsp3) is 0.833. The van der Waals surface area contributed by atoms with Crippen molar-refractivity contribution in [2.45, 2.75) is 76.7 Å². The normalized spacial score (nSPS) is 34.2. The van der Waals surface area contributed by atoms with Crippen molar-refractivity contribution < 1.29 is 4.79 Å². The lowest BCUT2D eigenvalue weighted by atomic mass is 9.76. The molecule has 0 aromatic rings. The van der Waals surface area contributed by atoms with E-state index in [0.717, 1.165) is 30.6 Å². The zero-order valence-corrected chi connectivity index (χ0v) is 12.7. The zero-order valence-electron chi connectivity index (χ0n) is 12.7. The molecular formula is C18H29NO. The van der Waals surface area contributed by atoms with Gasteiger partial charge in [0.2, 0.25) is 6.08 Å². The molecule has 2 rings (SSSR count).